The molecule has 2 rings (SSSR count). The number of aromatic nitrogens is 2. The fourth-order valence-electron chi connectivity index (χ4n) is 2.33. The topological polar surface area (TPSA) is 63.0 Å². The first kappa shape index (κ1) is 15.4. The Balaban J connectivity index is 2.28. The third-order valence-corrected chi connectivity index (χ3v) is 3.35. The molecule has 0 spiro atoms. The normalized spacial score (nSPS) is 12.5. The molecule has 0 bridgehead atoms. The van der Waals surface area contributed by atoms with Gasteiger partial charge in [-0.25, -0.2) is 9.97 Å². The molecule has 0 aliphatic heterocycles. The Kier molecular flexibility index (Phi) is 4.83. The van der Waals surface area contributed by atoms with Gasteiger partial charge in [0.15, 0.2) is 0 Å². The maximum atomic E-state index is 5.67. The van der Waals surface area contributed by atoms with Crippen LogP contribution in [-0.2, 0) is 0 Å². The molecule has 0 amide bonds. The highest BCUT2D eigenvalue weighted by Crippen LogP contribution is 2.30. The van der Waals surface area contributed by atoms with Gasteiger partial charge in [0.2, 0.25) is 0 Å². The molecule has 0 aliphatic carbocycles. The summed E-state index contributed by atoms with van der Waals surface area (Å²) in [6, 6.07) is 4.02. The van der Waals surface area contributed by atoms with Crippen LogP contribution in [0.25, 0.3) is 0 Å². The highest BCUT2D eigenvalue weighted by molar-refractivity contribution is 5.59. The lowest BCUT2D eigenvalue weighted by atomic mass is 10.0. The number of hydrogen-bond acceptors (Lipinski definition) is 5. The number of furan rings is 1. The van der Waals surface area contributed by atoms with Crippen molar-refractivity contribution in [2.24, 2.45) is 0 Å². The van der Waals surface area contributed by atoms with Crippen LogP contribution in [0.4, 0.5) is 11.6 Å². The summed E-state index contributed by atoms with van der Waals surface area (Å²) in [6.45, 7) is 11.2. The molecular formula is C16H24N4O. The summed E-state index contributed by atoms with van der Waals surface area (Å²) in [7, 11) is 0. The van der Waals surface area contributed by atoms with Gasteiger partial charge in [-0.15, -0.1) is 0 Å². The van der Waals surface area contributed by atoms with E-state index in [4.69, 9.17) is 4.42 Å². The highest BCUT2D eigenvalue weighted by Gasteiger charge is 2.17. The van der Waals surface area contributed by atoms with Gasteiger partial charge >= 0.3 is 0 Å². The second-order valence-corrected chi connectivity index (χ2v) is 5.48. The first-order valence-electron chi connectivity index (χ1n) is 7.44. The van der Waals surface area contributed by atoms with Crippen LogP contribution in [0.15, 0.2) is 22.9 Å². The van der Waals surface area contributed by atoms with Crippen molar-refractivity contribution in [3.8, 4) is 0 Å². The summed E-state index contributed by atoms with van der Waals surface area (Å²) in [4.78, 5) is 8.76. The first-order valence-corrected chi connectivity index (χ1v) is 7.44. The largest absolute Gasteiger partial charge is 0.464 e. The molecule has 21 heavy (non-hydrogen) atoms. The number of aryl methyl sites for hydroxylation is 1. The van der Waals surface area contributed by atoms with Gasteiger partial charge in [0, 0.05) is 12.1 Å². The SMILES string of the molecule is CCNc1ncnc(NC(C)c2ccc(C)o2)c1C(C)C. The van der Waals surface area contributed by atoms with Crippen molar-refractivity contribution in [1.82, 2.24) is 9.97 Å². The van der Waals surface area contributed by atoms with Gasteiger partial charge in [-0.2, -0.15) is 0 Å². The van der Waals surface area contributed by atoms with Crippen molar-refractivity contribution in [2.45, 2.75) is 46.6 Å². The summed E-state index contributed by atoms with van der Waals surface area (Å²) >= 11 is 0. The van der Waals surface area contributed by atoms with Crippen molar-refractivity contribution in [3.05, 3.63) is 35.5 Å². The lowest BCUT2D eigenvalue weighted by molar-refractivity contribution is 0.466. The van der Waals surface area contributed by atoms with Crippen molar-refractivity contribution >= 4 is 11.6 Å². The highest BCUT2D eigenvalue weighted by atomic mass is 16.3. The van der Waals surface area contributed by atoms with Crippen molar-refractivity contribution < 1.29 is 4.42 Å². The van der Waals surface area contributed by atoms with Crippen LogP contribution < -0.4 is 10.6 Å². The minimum Gasteiger partial charge on any atom is -0.464 e. The molecule has 1 unspecified atom stereocenters. The third kappa shape index (κ3) is 3.54. The van der Waals surface area contributed by atoms with E-state index < -0.39 is 0 Å². The van der Waals surface area contributed by atoms with E-state index in [1.54, 1.807) is 6.33 Å². The van der Waals surface area contributed by atoms with Gasteiger partial charge in [-0.1, -0.05) is 13.8 Å². The number of hydrogen-bond donors (Lipinski definition) is 2. The zero-order valence-corrected chi connectivity index (χ0v) is 13.4. The maximum absolute atomic E-state index is 5.67. The van der Waals surface area contributed by atoms with Crippen molar-refractivity contribution in [2.75, 3.05) is 17.2 Å². The Morgan fingerprint density at radius 2 is 1.86 bits per heavy atom. The van der Waals surface area contributed by atoms with E-state index >= 15 is 0 Å². The molecule has 2 aromatic rings. The average molecular weight is 288 g/mol. The summed E-state index contributed by atoms with van der Waals surface area (Å²) in [5, 5.41) is 6.74. The quantitative estimate of drug-likeness (QED) is 0.837. The smallest absolute Gasteiger partial charge is 0.135 e. The number of rotatable bonds is 6. The molecule has 0 saturated carbocycles. The fourth-order valence-corrected chi connectivity index (χ4v) is 2.33. The Morgan fingerprint density at radius 1 is 1.14 bits per heavy atom. The molecule has 114 valence electrons. The summed E-state index contributed by atoms with van der Waals surface area (Å²) < 4.78 is 5.67. The summed E-state index contributed by atoms with van der Waals surface area (Å²) in [5.74, 6) is 3.91. The fraction of sp³-hybridized carbons (Fsp3) is 0.500. The predicted molar refractivity (Wildman–Crippen MR) is 85.8 cm³/mol. The average Bonchev–Trinajstić information content (AvgIpc) is 2.86. The minimum absolute atomic E-state index is 0.0561. The van der Waals surface area contributed by atoms with E-state index in [2.05, 4.69) is 48.3 Å². The standard InChI is InChI=1S/C16H24N4O/c1-6-17-15-14(10(2)3)16(19-9-18-15)20-12(5)13-8-7-11(4)21-13/h7-10,12H,6H2,1-5H3,(H2,17,18,19,20). The van der Waals surface area contributed by atoms with Crippen LogP contribution in [0.2, 0.25) is 0 Å². The lowest BCUT2D eigenvalue weighted by Crippen LogP contribution is -2.13. The van der Waals surface area contributed by atoms with Gasteiger partial charge in [-0.3, -0.25) is 0 Å². The Labute approximate surface area is 126 Å². The molecule has 2 N–H and O–H groups in total. The van der Waals surface area contributed by atoms with E-state index in [9.17, 15) is 0 Å². The minimum atomic E-state index is 0.0561. The number of nitrogens with one attached hydrogen (secondary N) is 2. The molecular weight excluding hydrogens is 264 g/mol. The molecule has 0 aliphatic rings. The van der Waals surface area contributed by atoms with Crippen LogP contribution in [0, 0.1) is 6.92 Å². The second-order valence-electron chi connectivity index (χ2n) is 5.48. The molecule has 1 atom stereocenters. The van der Waals surface area contributed by atoms with Crippen molar-refractivity contribution in [1.29, 1.82) is 0 Å². The van der Waals surface area contributed by atoms with Crippen LogP contribution in [0.5, 0.6) is 0 Å². The Hall–Kier alpha value is -2.04. The third-order valence-electron chi connectivity index (χ3n) is 3.35. The van der Waals surface area contributed by atoms with Crippen LogP contribution in [-0.4, -0.2) is 16.5 Å². The van der Waals surface area contributed by atoms with Crippen LogP contribution in [0.3, 0.4) is 0 Å². The Bertz CT molecular complexity index is 592. The lowest BCUT2D eigenvalue weighted by Gasteiger charge is -2.19. The van der Waals surface area contributed by atoms with Gasteiger partial charge in [-0.05, 0) is 38.8 Å². The number of anilines is 2. The zero-order chi connectivity index (χ0) is 15.4. The van der Waals surface area contributed by atoms with Gasteiger partial charge in [0.25, 0.3) is 0 Å². The second kappa shape index (κ2) is 6.61. The molecule has 0 fully saturated rings. The van der Waals surface area contributed by atoms with Crippen molar-refractivity contribution in [3.63, 3.8) is 0 Å². The van der Waals surface area contributed by atoms with E-state index in [1.165, 1.54) is 0 Å². The number of nitrogens with zero attached hydrogens (tertiary/aromatic N) is 2. The molecule has 0 radical (unpaired) electrons. The molecule has 5 heteroatoms. The molecule has 0 saturated heterocycles. The summed E-state index contributed by atoms with van der Waals surface area (Å²) in [6.07, 6.45) is 1.59. The molecule has 5 nitrogen and oxygen atoms in total. The van der Waals surface area contributed by atoms with Gasteiger partial charge < -0.3 is 15.1 Å². The summed E-state index contributed by atoms with van der Waals surface area (Å²) in [5.41, 5.74) is 1.11. The van der Waals surface area contributed by atoms with E-state index in [0.29, 0.717) is 5.92 Å². The maximum Gasteiger partial charge on any atom is 0.135 e. The molecule has 2 aromatic heterocycles. The van der Waals surface area contributed by atoms with Gasteiger partial charge in [0.05, 0.1) is 6.04 Å². The Morgan fingerprint density at radius 3 is 2.43 bits per heavy atom. The predicted octanol–water partition coefficient (Wildman–Crippen LogP) is 4.11. The molecule has 0 aromatic carbocycles. The van der Waals surface area contributed by atoms with E-state index in [1.807, 2.05) is 19.1 Å². The molecule has 2 heterocycles. The van der Waals surface area contributed by atoms with E-state index in [-0.39, 0.29) is 6.04 Å². The van der Waals surface area contributed by atoms with Crippen LogP contribution in [0.1, 0.15) is 56.7 Å². The first-order chi connectivity index (χ1) is 10.0. The van der Waals surface area contributed by atoms with Crippen LogP contribution >= 0.6 is 0 Å². The zero-order valence-electron chi connectivity index (χ0n) is 13.4. The van der Waals surface area contributed by atoms with Gasteiger partial charge in [0.1, 0.15) is 29.5 Å². The van der Waals surface area contributed by atoms with E-state index in [0.717, 1.165) is 35.3 Å². The monoisotopic (exact) mass is 288 g/mol.